The lowest BCUT2D eigenvalue weighted by Gasteiger charge is -2.48. The molecule has 0 radical (unpaired) electrons. The second-order valence-corrected chi connectivity index (χ2v) is 7.53. The molecule has 23 heavy (non-hydrogen) atoms. The van der Waals surface area contributed by atoms with Crippen molar-refractivity contribution in [3.05, 3.63) is 17.7 Å². The lowest BCUT2D eigenvalue weighted by molar-refractivity contribution is -0.0147. The van der Waals surface area contributed by atoms with Gasteiger partial charge in [-0.05, 0) is 38.5 Å². The number of benzene rings is 1. The summed E-state index contributed by atoms with van der Waals surface area (Å²) in [5, 5.41) is 10.6. The minimum absolute atomic E-state index is 0.213. The summed E-state index contributed by atoms with van der Waals surface area (Å²) < 4.78 is 16.9. The standard InChI is InChI=1S/C19H28O4/c1-12-5-6-15-14(9-12)18-16(20)10-13(22-8-7-21-4)11-17(18)23-19(15,2)3/h10-12,14-15,20H,5-9H2,1-4H3/t12?,14-,15-/m1/s1. The van der Waals surface area contributed by atoms with Crippen LogP contribution < -0.4 is 9.47 Å². The van der Waals surface area contributed by atoms with Gasteiger partial charge in [-0.15, -0.1) is 0 Å². The van der Waals surface area contributed by atoms with Crippen LogP contribution >= 0.6 is 0 Å². The van der Waals surface area contributed by atoms with Gasteiger partial charge < -0.3 is 19.3 Å². The van der Waals surface area contributed by atoms with Crippen LogP contribution in [0, 0.1) is 11.8 Å². The van der Waals surface area contributed by atoms with E-state index in [2.05, 4.69) is 20.8 Å². The van der Waals surface area contributed by atoms with Crippen LogP contribution in [0.1, 0.15) is 51.5 Å². The molecule has 1 unspecified atom stereocenters. The third kappa shape index (κ3) is 3.14. The third-order valence-corrected chi connectivity index (χ3v) is 5.40. The largest absolute Gasteiger partial charge is 0.507 e. The molecule has 1 aliphatic heterocycles. The Labute approximate surface area is 138 Å². The van der Waals surface area contributed by atoms with E-state index in [1.165, 1.54) is 6.42 Å². The Bertz CT molecular complexity index is 567. The molecule has 0 spiro atoms. The number of rotatable bonds is 4. The number of hydrogen-bond donors (Lipinski definition) is 1. The number of ether oxygens (including phenoxy) is 3. The van der Waals surface area contributed by atoms with Gasteiger partial charge in [-0.1, -0.05) is 13.3 Å². The van der Waals surface area contributed by atoms with E-state index in [4.69, 9.17) is 14.2 Å². The number of aromatic hydroxyl groups is 1. The van der Waals surface area contributed by atoms with Crippen molar-refractivity contribution in [3.8, 4) is 17.2 Å². The van der Waals surface area contributed by atoms with Crippen molar-refractivity contribution in [2.24, 2.45) is 11.8 Å². The normalized spacial score (nSPS) is 28.4. The molecular formula is C19H28O4. The molecule has 2 aliphatic rings. The zero-order valence-corrected chi connectivity index (χ0v) is 14.6. The van der Waals surface area contributed by atoms with Crippen LogP contribution in [0.3, 0.4) is 0 Å². The number of phenols is 1. The summed E-state index contributed by atoms with van der Waals surface area (Å²) in [6.07, 6.45) is 3.51. The highest BCUT2D eigenvalue weighted by molar-refractivity contribution is 5.54. The van der Waals surface area contributed by atoms with Crippen LogP contribution in [-0.2, 0) is 4.74 Å². The van der Waals surface area contributed by atoms with E-state index in [0.717, 1.165) is 24.2 Å². The van der Waals surface area contributed by atoms with Gasteiger partial charge in [-0.2, -0.15) is 0 Å². The van der Waals surface area contributed by atoms with Gasteiger partial charge in [0.25, 0.3) is 0 Å². The molecule has 1 aliphatic carbocycles. The number of methoxy groups -OCH3 is 1. The molecule has 4 nitrogen and oxygen atoms in total. The molecule has 1 saturated carbocycles. The van der Waals surface area contributed by atoms with Crippen LogP contribution in [0.5, 0.6) is 17.2 Å². The fourth-order valence-electron chi connectivity index (χ4n) is 4.26. The Morgan fingerprint density at radius 1 is 1.26 bits per heavy atom. The molecule has 1 fully saturated rings. The quantitative estimate of drug-likeness (QED) is 0.848. The van der Waals surface area contributed by atoms with Crippen LogP contribution in [0.25, 0.3) is 0 Å². The average molecular weight is 320 g/mol. The summed E-state index contributed by atoms with van der Waals surface area (Å²) in [5.41, 5.74) is 0.759. The van der Waals surface area contributed by atoms with Crippen molar-refractivity contribution in [2.45, 2.75) is 51.6 Å². The van der Waals surface area contributed by atoms with Crippen molar-refractivity contribution in [1.29, 1.82) is 0 Å². The minimum Gasteiger partial charge on any atom is -0.507 e. The summed E-state index contributed by atoms with van der Waals surface area (Å²) in [4.78, 5) is 0. The molecule has 0 aromatic heterocycles. The summed E-state index contributed by atoms with van der Waals surface area (Å²) >= 11 is 0. The first-order valence-corrected chi connectivity index (χ1v) is 8.60. The SMILES string of the molecule is COCCOc1cc(O)c2c(c1)OC(C)(C)[C@@H]1CCC(C)C[C@@H]21. The lowest BCUT2D eigenvalue weighted by atomic mass is 9.64. The summed E-state index contributed by atoms with van der Waals surface area (Å²) in [6, 6.07) is 3.63. The Morgan fingerprint density at radius 3 is 2.78 bits per heavy atom. The Kier molecular flexibility index (Phi) is 4.45. The topological polar surface area (TPSA) is 47.9 Å². The maximum atomic E-state index is 10.6. The molecule has 1 aromatic rings. The van der Waals surface area contributed by atoms with Crippen LogP contribution in [0.15, 0.2) is 12.1 Å². The molecule has 0 bridgehead atoms. The van der Waals surface area contributed by atoms with Gasteiger partial charge in [-0.25, -0.2) is 0 Å². The summed E-state index contributed by atoms with van der Waals surface area (Å²) in [6.45, 7) is 7.61. The van der Waals surface area contributed by atoms with Gasteiger partial charge in [-0.3, -0.25) is 0 Å². The second-order valence-electron chi connectivity index (χ2n) is 7.53. The van der Waals surface area contributed by atoms with Crippen molar-refractivity contribution in [2.75, 3.05) is 20.3 Å². The Morgan fingerprint density at radius 2 is 2.04 bits per heavy atom. The van der Waals surface area contributed by atoms with E-state index in [0.29, 0.717) is 42.5 Å². The smallest absolute Gasteiger partial charge is 0.131 e. The Balaban J connectivity index is 1.94. The zero-order valence-electron chi connectivity index (χ0n) is 14.6. The third-order valence-electron chi connectivity index (χ3n) is 5.40. The number of phenolic OH excluding ortho intramolecular Hbond substituents is 1. The van der Waals surface area contributed by atoms with Crippen molar-refractivity contribution < 1.29 is 19.3 Å². The van der Waals surface area contributed by atoms with Crippen molar-refractivity contribution >= 4 is 0 Å². The summed E-state index contributed by atoms with van der Waals surface area (Å²) in [7, 11) is 1.64. The van der Waals surface area contributed by atoms with Crippen LogP contribution in [-0.4, -0.2) is 31.0 Å². The maximum absolute atomic E-state index is 10.6. The van der Waals surface area contributed by atoms with E-state index in [-0.39, 0.29) is 5.60 Å². The van der Waals surface area contributed by atoms with Gasteiger partial charge in [0, 0.05) is 30.7 Å². The lowest BCUT2D eigenvalue weighted by Crippen LogP contribution is -2.46. The Hall–Kier alpha value is -1.42. The first-order chi connectivity index (χ1) is 10.9. The minimum atomic E-state index is -0.213. The molecule has 3 rings (SSSR count). The molecule has 128 valence electrons. The molecule has 1 aromatic carbocycles. The van der Waals surface area contributed by atoms with E-state index in [1.807, 2.05) is 6.07 Å². The molecule has 4 heteroatoms. The monoisotopic (exact) mass is 320 g/mol. The summed E-state index contributed by atoms with van der Waals surface area (Å²) in [5.74, 6) is 3.22. The zero-order chi connectivity index (χ0) is 16.6. The fourth-order valence-corrected chi connectivity index (χ4v) is 4.26. The predicted octanol–water partition coefficient (Wildman–Crippen LogP) is 4.11. The molecule has 3 atom stereocenters. The van der Waals surface area contributed by atoms with Crippen LogP contribution in [0.4, 0.5) is 0 Å². The number of fused-ring (bicyclic) bond motifs is 3. The van der Waals surface area contributed by atoms with Gasteiger partial charge in [0.1, 0.15) is 29.5 Å². The molecule has 0 saturated heterocycles. The first kappa shape index (κ1) is 16.4. The highest BCUT2D eigenvalue weighted by atomic mass is 16.5. The molecule has 1 N–H and O–H groups in total. The molecule has 0 amide bonds. The average Bonchev–Trinajstić information content (AvgIpc) is 2.46. The van der Waals surface area contributed by atoms with Gasteiger partial charge in [0.05, 0.1) is 6.61 Å². The molecular weight excluding hydrogens is 292 g/mol. The van der Waals surface area contributed by atoms with Gasteiger partial charge in [0.15, 0.2) is 0 Å². The van der Waals surface area contributed by atoms with E-state index in [9.17, 15) is 5.11 Å². The number of hydrogen-bond acceptors (Lipinski definition) is 4. The molecule has 1 heterocycles. The maximum Gasteiger partial charge on any atom is 0.131 e. The van der Waals surface area contributed by atoms with Crippen molar-refractivity contribution in [1.82, 2.24) is 0 Å². The van der Waals surface area contributed by atoms with E-state index in [1.54, 1.807) is 13.2 Å². The highest BCUT2D eigenvalue weighted by Crippen LogP contribution is 2.55. The van der Waals surface area contributed by atoms with E-state index < -0.39 is 0 Å². The van der Waals surface area contributed by atoms with Crippen molar-refractivity contribution in [3.63, 3.8) is 0 Å². The van der Waals surface area contributed by atoms with Gasteiger partial charge in [0.2, 0.25) is 0 Å². The fraction of sp³-hybridized carbons (Fsp3) is 0.684. The van der Waals surface area contributed by atoms with Gasteiger partial charge >= 0.3 is 0 Å². The van der Waals surface area contributed by atoms with Crippen LogP contribution in [0.2, 0.25) is 0 Å². The predicted molar refractivity (Wildman–Crippen MR) is 89.4 cm³/mol. The first-order valence-electron chi connectivity index (χ1n) is 8.60. The second kappa shape index (κ2) is 6.23. The van der Waals surface area contributed by atoms with E-state index >= 15 is 0 Å². The highest BCUT2D eigenvalue weighted by Gasteiger charge is 2.47.